The first-order valence-electron chi connectivity index (χ1n) is 4.90. The molecule has 8 heteroatoms. The molecule has 0 bridgehead atoms. The number of hydrogen-bond acceptors (Lipinski definition) is 7. The van der Waals surface area contributed by atoms with Gasteiger partial charge in [-0.3, -0.25) is 10.1 Å². The summed E-state index contributed by atoms with van der Waals surface area (Å²) >= 11 is 1.33. The Morgan fingerprint density at radius 1 is 1.33 bits per heavy atom. The minimum Gasteiger partial charge on any atom is -0.368 e. The van der Waals surface area contributed by atoms with Gasteiger partial charge in [-0.2, -0.15) is 9.97 Å². The molecule has 0 saturated carbocycles. The Kier molecular flexibility index (Phi) is 3.38. The highest BCUT2D eigenvalue weighted by Crippen LogP contribution is 2.22. The number of nitrogens with zero attached hydrogens (tertiary/aromatic N) is 4. The number of nitro groups is 1. The molecule has 0 fully saturated rings. The van der Waals surface area contributed by atoms with Crippen molar-refractivity contribution in [3.63, 3.8) is 0 Å². The summed E-state index contributed by atoms with van der Waals surface area (Å²) in [6.45, 7) is 0. The Bertz CT molecular complexity index is 605. The number of non-ortho nitro benzene ring substituents is 1. The maximum atomic E-state index is 10.7. The summed E-state index contributed by atoms with van der Waals surface area (Å²) in [7, 11) is 0. The minimum absolute atomic E-state index is 0.0165. The quantitative estimate of drug-likeness (QED) is 0.510. The molecule has 0 spiro atoms. The van der Waals surface area contributed by atoms with E-state index in [1.807, 2.05) is 6.26 Å². The van der Waals surface area contributed by atoms with E-state index in [0.717, 1.165) is 0 Å². The van der Waals surface area contributed by atoms with Gasteiger partial charge in [0.2, 0.25) is 5.95 Å². The largest absolute Gasteiger partial charge is 0.368 e. The summed E-state index contributed by atoms with van der Waals surface area (Å²) in [5, 5.41) is 11.2. The maximum Gasteiger partial charge on any atom is 0.270 e. The molecular weight excluding hydrogens is 254 g/mol. The SMILES string of the molecule is CSc1nc(N)nc(-c2cccc([N+](=O)[O-])c2)n1. The first-order valence-corrected chi connectivity index (χ1v) is 6.13. The number of hydrogen-bond donors (Lipinski definition) is 1. The molecule has 18 heavy (non-hydrogen) atoms. The standard InChI is InChI=1S/C10H9N5O2S/c1-18-10-13-8(12-9(11)14-10)6-3-2-4-7(5-6)15(16)17/h2-5H,1H3,(H2,11,12,13,14). The van der Waals surface area contributed by atoms with Crippen molar-refractivity contribution in [2.45, 2.75) is 5.16 Å². The van der Waals surface area contributed by atoms with Crippen molar-refractivity contribution < 1.29 is 4.92 Å². The highest BCUT2D eigenvalue weighted by molar-refractivity contribution is 7.98. The van der Waals surface area contributed by atoms with Crippen molar-refractivity contribution in [2.24, 2.45) is 0 Å². The van der Waals surface area contributed by atoms with Crippen LogP contribution in [0, 0.1) is 10.1 Å². The van der Waals surface area contributed by atoms with Crippen LogP contribution in [0.3, 0.4) is 0 Å². The van der Waals surface area contributed by atoms with Gasteiger partial charge in [0.15, 0.2) is 11.0 Å². The van der Waals surface area contributed by atoms with E-state index in [1.165, 1.54) is 23.9 Å². The molecule has 2 N–H and O–H groups in total. The van der Waals surface area contributed by atoms with Crippen molar-refractivity contribution >= 4 is 23.4 Å². The van der Waals surface area contributed by atoms with Crippen molar-refractivity contribution in [3.05, 3.63) is 34.4 Å². The number of anilines is 1. The fourth-order valence-corrected chi connectivity index (χ4v) is 1.71. The van der Waals surface area contributed by atoms with E-state index in [0.29, 0.717) is 16.5 Å². The van der Waals surface area contributed by atoms with Crippen LogP contribution < -0.4 is 5.73 Å². The number of thioether (sulfide) groups is 1. The number of benzene rings is 1. The maximum absolute atomic E-state index is 10.7. The minimum atomic E-state index is -0.469. The first-order chi connectivity index (χ1) is 8.60. The number of nitrogen functional groups attached to an aromatic ring is 1. The van der Waals surface area contributed by atoms with Crippen LogP contribution >= 0.6 is 11.8 Å². The van der Waals surface area contributed by atoms with E-state index in [4.69, 9.17) is 5.73 Å². The lowest BCUT2D eigenvalue weighted by atomic mass is 10.2. The number of aromatic nitrogens is 3. The highest BCUT2D eigenvalue weighted by Gasteiger charge is 2.10. The summed E-state index contributed by atoms with van der Waals surface area (Å²) in [6, 6.07) is 6.07. The third-order valence-corrected chi connectivity index (χ3v) is 2.68. The van der Waals surface area contributed by atoms with E-state index >= 15 is 0 Å². The Balaban J connectivity index is 2.51. The molecule has 2 aromatic rings. The van der Waals surface area contributed by atoms with Gasteiger partial charge >= 0.3 is 0 Å². The fourth-order valence-electron chi connectivity index (χ4n) is 1.35. The molecule has 92 valence electrons. The first kappa shape index (κ1) is 12.2. The molecule has 2 rings (SSSR count). The average Bonchev–Trinajstić information content (AvgIpc) is 2.38. The van der Waals surface area contributed by atoms with E-state index in [9.17, 15) is 10.1 Å². The van der Waals surface area contributed by atoms with Crippen molar-refractivity contribution in [1.29, 1.82) is 0 Å². The summed E-state index contributed by atoms with van der Waals surface area (Å²) in [6.07, 6.45) is 1.81. The van der Waals surface area contributed by atoms with Crippen LogP contribution in [0.5, 0.6) is 0 Å². The zero-order valence-corrected chi connectivity index (χ0v) is 10.2. The molecule has 1 heterocycles. The summed E-state index contributed by atoms with van der Waals surface area (Å²) in [4.78, 5) is 22.3. The summed E-state index contributed by atoms with van der Waals surface area (Å²) in [5.41, 5.74) is 6.08. The molecule has 0 amide bonds. The second-order valence-corrected chi connectivity index (χ2v) is 4.08. The Morgan fingerprint density at radius 3 is 2.78 bits per heavy atom. The molecule has 0 aliphatic rings. The second kappa shape index (κ2) is 4.96. The molecular formula is C10H9N5O2S. The number of nitro benzene ring substituents is 1. The van der Waals surface area contributed by atoms with Gasteiger partial charge in [-0.1, -0.05) is 23.9 Å². The van der Waals surface area contributed by atoms with Gasteiger partial charge in [-0.05, 0) is 6.26 Å². The van der Waals surface area contributed by atoms with Gasteiger partial charge in [-0.15, -0.1) is 0 Å². The molecule has 1 aromatic heterocycles. The van der Waals surface area contributed by atoms with Crippen LogP contribution in [-0.4, -0.2) is 26.1 Å². The molecule has 0 aliphatic carbocycles. The monoisotopic (exact) mass is 263 g/mol. The lowest BCUT2D eigenvalue weighted by Gasteiger charge is -2.02. The average molecular weight is 263 g/mol. The number of nitrogens with two attached hydrogens (primary N) is 1. The third-order valence-electron chi connectivity index (χ3n) is 2.13. The van der Waals surface area contributed by atoms with Gasteiger partial charge in [0, 0.05) is 17.7 Å². The van der Waals surface area contributed by atoms with E-state index in [2.05, 4.69) is 15.0 Å². The lowest BCUT2D eigenvalue weighted by Crippen LogP contribution is -2.01. The molecule has 7 nitrogen and oxygen atoms in total. The summed E-state index contributed by atoms with van der Waals surface area (Å²) in [5.74, 6) is 0.423. The molecule has 0 saturated heterocycles. The van der Waals surface area contributed by atoms with Crippen LogP contribution in [-0.2, 0) is 0 Å². The predicted octanol–water partition coefficient (Wildman–Crippen LogP) is 1.75. The van der Waals surface area contributed by atoms with E-state index in [-0.39, 0.29) is 11.6 Å². The lowest BCUT2D eigenvalue weighted by molar-refractivity contribution is -0.384. The molecule has 1 aromatic carbocycles. The normalized spacial score (nSPS) is 10.3. The van der Waals surface area contributed by atoms with E-state index in [1.54, 1.807) is 12.1 Å². The molecule has 0 radical (unpaired) electrons. The zero-order valence-electron chi connectivity index (χ0n) is 9.40. The smallest absolute Gasteiger partial charge is 0.270 e. The van der Waals surface area contributed by atoms with Crippen LogP contribution in [0.1, 0.15) is 0 Å². The van der Waals surface area contributed by atoms with Gasteiger partial charge in [0.1, 0.15) is 0 Å². The predicted molar refractivity (Wildman–Crippen MR) is 68.1 cm³/mol. The molecule has 0 unspecified atom stereocenters. The van der Waals surface area contributed by atoms with Crippen molar-refractivity contribution in [1.82, 2.24) is 15.0 Å². The topological polar surface area (TPSA) is 108 Å². The second-order valence-electron chi connectivity index (χ2n) is 3.31. The molecule has 0 atom stereocenters. The fraction of sp³-hybridized carbons (Fsp3) is 0.100. The van der Waals surface area contributed by atoms with Crippen LogP contribution in [0.15, 0.2) is 29.4 Å². The van der Waals surface area contributed by atoms with Gasteiger partial charge in [0.05, 0.1) is 4.92 Å². The Morgan fingerprint density at radius 2 is 2.11 bits per heavy atom. The van der Waals surface area contributed by atoms with Gasteiger partial charge in [-0.25, -0.2) is 4.98 Å². The van der Waals surface area contributed by atoms with Crippen molar-refractivity contribution in [3.8, 4) is 11.4 Å². The van der Waals surface area contributed by atoms with Gasteiger partial charge < -0.3 is 5.73 Å². The zero-order chi connectivity index (χ0) is 13.1. The summed E-state index contributed by atoms with van der Waals surface area (Å²) < 4.78 is 0. The molecule has 0 aliphatic heterocycles. The van der Waals surface area contributed by atoms with Crippen LogP contribution in [0.2, 0.25) is 0 Å². The highest BCUT2D eigenvalue weighted by atomic mass is 32.2. The van der Waals surface area contributed by atoms with Crippen LogP contribution in [0.25, 0.3) is 11.4 Å². The number of rotatable bonds is 3. The van der Waals surface area contributed by atoms with E-state index < -0.39 is 4.92 Å². The van der Waals surface area contributed by atoms with Gasteiger partial charge in [0.25, 0.3) is 5.69 Å². The van der Waals surface area contributed by atoms with Crippen LogP contribution in [0.4, 0.5) is 11.6 Å². The Hall–Kier alpha value is -2.22. The van der Waals surface area contributed by atoms with Crippen molar-refractivity contribution in [2.75, 3.05) is 12.0 Å². The Labute approximate surface area is 107 Å². The third kappa shape index (κ3) is 2.54.